The van der Waals surface area contributed by atoms with Gasteiger partial charge in [0.25, 0.3) is 0 Å². The molecule has 0 saturated heterocycles. The number of anilines is 1. The number of rotatable bonds is 1. The first kappa shape index (κ1) is 9.55. The van der Waals surface area contributed by atoms with Crippen LogP contribution in [-0.4, -0.2) is 16.0 Å². The van der Waals surface area contributed by atoms with E-state index >= 15 is 0 Å². The molecule has 1 heterocycles. The fourth-order valence-corrected chi connectivity index (χ4v) is 0.973. The summed E-state index contributed by atoms with van der Waals surface area (Å²) in [6.45, 7) is 0. The van der Waals surface area contributed by atoms with Gasteiger partial charge >= 0.3 is 5.91 Å². The third kappa shape index (κ3) is 2.46. The predicted molar refractivity (Wildman–Crippen MR) is 51.1 cm³/mol. The number of halogens is 1. The molecule has 0 bridgehead atoms. The summed E-state index contributed by atoms with van der Waals surface area (Å²) in [5, 5.41) is 11.4. The monoisotopic (exact) mass is 240 g/mol. The number of terminal acetylenes is 1. The second-order valence-corrected chi connectivity index (χ2v) is 2.91. The summed E-state index contributed by atoms with van der Waals surface area (Å²) in [6.07, 6.45) is 4.82. The van der Waals surface area contributed by atoms with Crippen LogP contribution in [0.1, 0.15) is 0 Å². The summed E-state index contributed by atoms with van der Waals surface area (Å²) in [5.74, 6) is 1.10. The number of amides is 1. The molecular formula is C8H5BrN2O2. The molecule has 2 N–H and O–H groups in total. The Labute approximate surface area is 83.1 Å². The fourth-order valence-electron chi connectivity index (χ4n) is 0.664. The number of aromatic nitrogens is 1. The Balaban J connectivity index is 2.95. The van der Waals surface area contributed by atoms with Crippen molar-refractivity contribution >= 4 is 27.7 Å². The van der Waals surface area contributed by atoms with E-state index in [2.05, 4.69) is 26.2 Å². The van der Waals surface area contributed by atoms with Crippen LogP contribution in [0.5, 0.6) is 5.75 Å². The first-order chi connectivity index (χ1) is 6.13. The number of nitrogens with one attached hydrogen (secondary N) is 1. The van der Waals surface area contributed by atoms with E-state index in [1.807, 2.05) is 5.92 Å². The van der Waals surface area contributed by atoms with E-state index in [1.54, 1.807) is 6.07 Å². The highest BCUT2D eigenvalue weighted by atomic mass is 79.9. The minimum Gasteiger partial charge on any atom is -0.504 e. The molecule has 0 atom stereocenters. The second-order valence-electron chi connectivity index (χ2n) is 2.10. The lowest BCUT2D eigenvalue weighted by molar-refractivity contribution is -0.111. The highest BCUT2D eigenvalue weighted by molar-refractivity contribution is 9.10. The molecule has 0 aliphatic rings. The second kappa shape index (κ2) is 3.92. The molecule has 4 nitrogen and oxygen atoms in total. The van der Waals surface area contributed by atoms with E-state index in [4.69, 9.17) is 6.42 Å². The van der Waals surface area contributed by atoms with Crippen LogP contribution in [0.3, 0.4) is 0 Å². The van der Waals surface area contributed by atoms with Gasteiger partial charge in [-0.2, -0.15) is 0 Å². The average Bonchev–Trinajstić information content (AvgIpc) is 2.11. The third-order valence-corrected chi connectivity index (χ3v) is 1.64. The van der Waals surface area contributed by atoms with Crippen LogP contribution in [0.25, 0.3) is 0 Å². The van der Waals surface area contributed by atoms with Crippen molar-refractivity contribution in [2.75, 3.05) is 5.32 Å². The molecule has 1 aromatic rings. The molecule has 0 saturated carbocycles. The van der Waals surface area contributed by atoms with Crippen LogP contribution in [0, 0.1) is 12.3 Å². The molecule has 0 aliphatic carbocycles. The molecule has 0 spiro atoms. The Morgan fingerprint density at radius 3 is 3.00 bits per heavy atom. The van der Waals surface area contributed by atoms with Crippen molar-refractivity contribution in [2.24, 2.45) is 0 Å². The van der Waals surface area contributed by atoms with Gasteiger partial charge in [-0.05, 0) is 34.0 Å². The van der Waals surface area contributed by atoms with Crippen LogP contribution in [0.2, 0.25) is 0 Å². The van der Waals surface area contributed by atoms with Crippen LogP contribution in [0.15, 0.2) is 16.7 Å². The van der Waals surface area contributed by atoms with Crippen molar-refractivity contribution in [2.45, 2.75) is 0 Å². The maximum absolute atomic E-state index is 10.7. The third-order valence-electron chi connectivity index (χ3n) is 1.20. The van der Waals surface area contributed by atoms with E-state index in [1.165, 1.54) is 6.07 Å². The number of hydrogen-bond donors (Lipinski definition) is 2. The lowest BCUT2D eigenvalue weighted by Gasteiger charge is -2.02. The molecule has 0 aromatic carbocycles. The highest BCUT2D eigenvalue weighted by Gasteiger charge is 2.05. The largest absolute Gasteiger partial charge is 0.504 e. The summed E-state index contributed by atoms with van der Waals surface area (Å²) < 4.78 is 0.498. The van der Waals surface area contributed by atoms with Crippen LogP contribution < -0.4 is 5.32 Å². The summed E-state index contributed by atoms with van der Waals surface area (Å²) in [7, 11) is 0. The van der Waals surface area contributed by atoms with Gasteiger partial charge < -0.3 is 5.11 Å². The number of aromatic hydroxyl groups is 1. The molecule has 0 unspecified atom stereocenters. The van der Waals surface area contributed by atoms with Gasteiger partial charge in [0.1, 0.15) is 4.60 Å². The van der Waals surface area contributed by atoms with E-state index in [-0.39, 0.29) is 11.6 Å². The van der Waals surface area contributed by atoms with Gasteiger partial charge in [0.05, 0.1) is 0 Å². The minimum atomic E-state index is -0.652. The van der Waals surface area contributed by atoms with Gasteiger partial charge in [0.15, 0.2) is 11.6 Å². The van der Waals surface area contributed by atoms with Crippen LogP contribution in [0.4, 0.5) is 5.82 Å². The van der Waals surface area contributed by atoms with Gasteiger partial charge in [0.2, 0.25) is 0 Å². The molecular weight excluding hydrogens is 236 g/mol. The Bertz CT molecular complexity index is 384. The van der Waals surface area contributed by atoms with E-state index in [0.29, 0.717) is 4.60 Å². The molecule has 1 amide bonds. The standard InChI is InChI=1S/C8H5BrN2O2/c1-2-7(13)11-8-5(12)3-4-6(9)10-8/h1,3-4,12H,(H,10,11,13). The maximum Gasteiger partial charge on any atom is 0.301 e. The average molecular weight is 241 g/mol. The van der Waals surface area contributed by atoms with Gasteiger partial charge in [-0.1, -0.05) is 0 Å². The lowest BCUT2D eigenvalue weighted by Crippen LogP contribution is -2.09. The van der Waals surface area contributed by atoms with Crippen molar-refractivity contribution in [3.8, 4) is 18.1 Å². The lowest BCUT2D eigenvalue weighted by atomic mass is 10.4. The Hall–Kier alpha value is -1.54. The Morgan fingerprint density at radius 2 is 2.38 bits per heavy atom. The normalized spacial score (nSPS) is 8.92. The number of pyridine rings is 1. The number of carbonyl (C=O) groups is 1. The topological polar surface area (TPSA) is 62.2 Å². The van der Waals surface area contributed by atoms with Gasteiger partial charge in [-0.15, -0.1) is 6.42 Å². The molecule has 0 fully saturated rings. The zero-order valence-corrected chi connectivity index (χ0v) is 8.00. The molecule has 5 heteroatoms. The summed E-state index contributed by atoms with van der Waals surface area (Å²) >= 11 is 3.08. The molecule has 1 rings (SSSR count). The van der Waals surface area contributed by atoms with Crippen LogP contribution >= 0.6 is 15.9 Å². The highest BCUT2D eigenvalue weighted by Crippen LogP contribution is 2.22. The maximum atomic E-state index is 10.7. The number of nitrogens with zero attached hydrogens (tertiary/aromatic N) is 1. The van der Waals surface area contributed by atoms with E-state index < -0.39 is 5.91 Å². The van der Waals surface area contributed by atoms with E-state index in [0.717, 1.165) is 0 Å². The quantitative estimate of drug-likeness (QED) is 0.572. The summed E-state index contributed by atoms with van der Waals surface area (Å²) in [6, 6.07) is 2.93. The van der Waals surface area contributed by atoms with Crippen molar-refractivity contribution in [1.29, 1.82) is 0 Å². The fraction of sp³-hybridized carbons (Fsp3) is 0. The first-order valence-corrected chi connectivity index (χ1v) is 4.06. The molecule has 1 aromatic heterocycles. The summed E-state index contributed by atoms with van der Waals surface area (Å²) in [4.78, 5) is 14.5. The Kier molecular flexibility index (Phi) is 2.88. The summed E-state index contributed by atoms with van der Waals surface area (Å²) in [5.41, 5.74) is 0. The number of carbonyl (C=O) groups excluding carboxylic acids is 1. The van der Waals surface area contributed by atoms with E-state index in [9.17, 15) is 9.90 Å². The zero-order valence-electron chi connectivity index (χ0n) is 6.41. The smallest absolute Gasteiger partial charge is 0.301 e. The van der Waals surface area contributed by atoms with Crippen molar-refractivity contribution in [3.63, 3.8) is 0 Å². The van der Waals surface area contributed by atoms with Gasteiger partial charge in [0, 0.05) is 0 Å². The van der Waals surface area contributed by atoms with Crippen molar-refractivity contribution in [1.82, 2.24) is 4.98 Å². The van der Waals surface area contributed by atoms with Gasteiger partial charge in [-0.3, -0.25) is 10.1 Å². The van der Waals surface area contributed by atoms with Crippen molar-refractivity contribution in [3.05, 3.63) is 16.7 Å². The molecule has 0 aliphatic heterocycles. The van der Waals surface area contributed by atoms with Crippen molar-refractivity contribution < 1.29 is 9.90 Å². The molecule has 0 radical (unpaired) electrons. The molecule has 66 valence electrons. The Morgan fingerprint density at radius 1 is 1.69 bits per heavy atom. The predicted octanol–water partition coefficient (Wildman–Crippen LogP) is 1.12. The van der Waals surface area contributed by atoms with Gasteiger partial charge in [-0.25, -0.2) is 4.98 Å². The van der Waals surface area contributed by atoms with Crippen LogP contribution in [-0.2, 0) is 4.79 Å². The SMILES string of the molecule is C#CC(=O)Nc1nc(Br)ccc1O. The minimum absolute atomic E-state index is 0.0392. The first-order valence-electron chi connectivity index (χ1n) is 3.26. The molecule has 13 heavy (non-hydrogen) atoms. The number of hydrogen-bond acceptors (Lipinski definition) is 3. The zero-order chi connectivity index (χ0) is 9.84.